The van der Waals surface area contributed by atoms with Crippen LogP contribution in [0.25, 0.3) is 22.1 Å². The molecule has 144 valence electrons. The Morgan fingerprint density at radius 2 is 1.83 bits per heavy atom. The number of carbonyl (C=O) groups excluding carboxylic acids is 1. The van der Waals surface area contributed by atoms with Crippen molar-refractivity contribution < 1.29 is 13.9 Å². The first kappa shape index (κ1) is 19.2. The molecule has 1 amide bonds. The molecule has 6 heteroatoms. The predicted molar refractivity (Wildman–Crippen MR) is 122 cm³/mol. The van der Waals surface area contributed by atoms with Crippen LogP contribution in [0.5, 0.6) is 5.75 Å². The van der Waals surface area contributed by atoms with E-state index in [0.29, 0.717) is 33.7 Å². The van der Waals surface area contributed by atoms with Gasteiger partial charge in [0.2, 0.25) is 0 Å². The number of ether oxygens (including phenoxy) is 1. The van der Waals surface area contributed by atoms with Crippen molar-refractivity contribution in [2.24, 2.45) is 0 Å². The highest BCUT2D eigenvalue weighted by molar-refractivity contribution is 14.1. The number of hydrogen-bond acceptors (Lipinski definition) is 4. The maximum atomic E-state index is 12.7. The van der Waals surface area contributed by atoms with Gasteiger partial charge in [0.15, 0.2) is 0 Å². The Hall–Kier alpha value is -3.13. The first-order chi connectivity index (χ1) is 14.0. The van der Waals surface area contributed by atoms with Crippen molar-refractivity contribution in [3.8, 4) is 16.9 Å². The summed E-state index contributed by atoms with van der Waals surface area (Å²) in [4.78, 5) is 25.2. The summed E-state index contributed by atoms with van der Waals surface area (Å²) in [5.74, 6) is 0.238. The molecule has 0 fully saturated rings. The van der Waals surface area contributed by atoms with Crippen molar-refractivity contribution in [2.45, 2.75) is 0 Å². The monoisotopic (exact) mass is 497 g/mol. The summed E-state index contributed by atoms with van der Waals surface area (Å²) in [5.41, 5.74) is 2.14. The van der Waals surface area contributed by atoms with Gasteiger partial charge in [0.05, 0.1) is 18.4 Å². The molecular weight excluding hydrogens is 481 g/mol. The lowest BCUT2D eigenvalue weighted by molar-refractivity contribution is 0.102. The van der Waals surface area contributed by atoms with Gasteiger partial charge in [-0.1, -0.05) is 30.3 Å². The van der Waals surface area contributed by atoms with Crippen LogP contribution in [0, 0.1) is 3.57 Å². The van der Waals surface area contributed by atoms with Gasteiger partial charge in [-0.15, -0.1) is 0 Å². The standard InChI is InChI=1S/C23H16INO4/c1-28-21-10-9-14(18-12-15-5-2-3-8-20(15)29-23(18)27)13-19(21)25-22(26)16-6-4-7-17(24)11-16/h2-13H,1H3,(H,25,26). The van der Waals surface area contributed by atoms with Crippen molar-refractivity contribution in [1.82, 2.24) is 0 Å². The van der Waals surface area contributed by atoms with Gasteiger partial charge < -0.3 is 14.5 Å². The number of methoxy groups -OCH3 is 1. The number of para-hydroxylation sites is 1. The van der Waals surface area contributed by atoms with Crippen molar-refractivity contribution in [1.29, 1.82) is 0 Å². The SMILES string of the molecule is COc1ccc(-c2cc3ccccc3oc2=O)cc1NC(=O)c1cccc(I)c1. The van der Waals surface area contributed by atoms with Crippen LogP contribution < -0.4 is 15.7 Å². The normalized spacial score (nSPS) is 10.7. The summed E-state index contributed by atoms with van der Waals surface area (Å²) in [6.45, 7) is 0. The molecule has 0 unspecified atom stereocenters. The quantitative estimate of drug-likeness (QED) is 0.306. The lowest BCUT2D eigenvalue weighted by atomic mass is 10.0. The molecule has 0 saturated carbocycles. The molecule has 0 radical (unpaired) electrons. The first-order valence-electron chi connectivity index (χ1n) is 8.83. The number of fused-ring (bicyclic) bond motifs is 1. The number of amides is 1. The van der Waals surface area contributed by atoms with Gasteiger partial charge in [0.25, 0.3) is 5.91 Å². The van der Waals surface area contributed by atoms with Crippen LogP contribution in [0.3, 0.4) is 0 Å². The molecule has 0 aliphatic rings. The van der Waals surface area contributed by atoms with E-state index in [1.807, 2.05) is 30.3 Å². The van der Waals surface area contributed by atoms with Gasteiger partial charge in [-0.25, -0.2) is 4.79 Å². The van der Waals surface area contributed by atoms with Crippen LogP contribution in [0.15, 0.2) is 82.0 Å². The van der Waals surface area contributed by atoms with Crippen LogP contribution >= 0.6 is 22.6 Å². The fourth-order valence-corrected chi connectivity index (χ4v) is 3.60. The van der Waals surface area contributed by atoms with Crippen molar-refractivity contribution in [2.75, 3.05) is 12.4 Å². The van der Waals surface area contributed by atoms with E-state index in [1.54, 1.807) is 42.5 Å². The van der Waals surface area contributed by atoms with Crippen molar-refractivity contribution in [3.05, 3.63) is 92.4 Å². The fourth-order valence-electron chi connectivity index (χ4n) is 3.06. The topological polar surface area (TPSA) is 68.5 Å². The predicted octanol–water partition coefficient (Wildman–Crippen LogP) is 5.33. The van der Waals surface area contributed by atoms with Crippen LogP contribution in [0.4, 0.5) is 5.69 Å². The molecule has 4 aromatic rings. The largest absolute Gasteiger partial charge is 0.495 e. The van der Waals surface area contributed by atoms with Gasteiger partial charge in [0, 0.05) is 14.5 Å². The van der Waals surface area contributed by atoms with Crippen LogP contribution in [0.1, 0.15) is 10.4 Å². The number of halogens is 1. The molecule has 0 aliphatic carbocycles. The molecule has 1 aromatic heterocycles. The van der Waals surface area contributed by atoms with Crippen LogP contribution in [-0.4, -0.2) is 13.0 Å². The second-order valence-electron chi connectivity index (χ2n) is 6.36. The second-order valence-corrected chi connectivity index (χ2v) is 7.61. The van der Waals surface area contributed by atoms with E-state index in [1.165, 1.54) is 7.11 Å². The summed E-state index contributed by atoms with van der Waals surface area (Å²) in [6, 6.07) is 21.6. The Morgan fingerprint density at radius 3 is 2.62 bits per heavy atom. The van der Waals surface area contributed by atoms with Crippen LogP contribution in [0.2, 0.25) is 0 Å². The van der Waals surface area contributed by atoms with Crippen molar-refractivity contribution in [3.63, 3.8) is 0 Å². The third kappa shape index (κ3) is 4.02. The summed E-state index contributed by atoms with van der Waals surface area (Å²) >= 11 is 2.16. The Labute approximate surface area is 180 Å². The minimum absolute atomic E-state index is 0.260. The highest BCUT2D eigenvalue weighted by Crippen LogP contribution is 2.31. The van der Waals surface area contributed by atoms with E-state index >= 15 is 0 Å². The van der Waals surface area contributed by atoms with Gasteiger partial charge >= 0.3 is 5.63 Å². The number of rotatable bonds is 4. The molecule has 3 aromatic carbocycles. The first-order valence-corrected chi connectivity index (χ1v) is 9.91. The highest BCUT2D eigenvalue weighted by Gasteiger charge is 2.14. The van der Waals surface area contributed by atoms with Gasteiger partial charge in [-0.05, 0) is 70.6 Å². The summed E-state index contributed by atoms with van der Waals surface area (Å²) in [5, 5.41) is 3.69. The molecule has 1 N–H and O–H groups in total. The number of carbonyl (C=O) groups is 1. The molecule has 0 spiro atoms. The van der Waals surface area contributed by atoms with Crippen molar-refractivity contribution >= 4 is 45.2 Å². The molecule has 0 aliphatic heterocycles. The average molecular weight is 497 g/mol. The lowest BCUT2D eigenvalue weighted by Gasteiger charge is -2.12. The number of anilines is 1. The summed E-state index contributed by atoms with van der Waals surface area (Å²) in [6.07, 6.45) is 0. The Morgan fingerprint density at radius 1 is 1.00 bits per heavy atom. The zero-order valence-electron chi connectivity index (χ0n) is 15.4. The van der Waals surface area contributed by atoms with E-state index in [2.05, 4.69) is 27.9 Å². The zero-order valence-corrected chi connectivity index (χ0v) is 17.6. The molecule has 0 bridgehead atoms. The van der Waals surface area contributed by atoms with E-state index in [4.69, 9.17) is 9.15 Å². The average Bonchev–Trinajstić information content (AvgIpc) is 2.73. The Balaban J connectivity index is 1.75. The molecule has 0 saturated heterocycles. The Bertz CT molecular complexity index is 1280. The van der Waals surface area contributed by atoms with E-state index in [-0.39, 0.29) is 5.91 Å². The van der Waals surface area contributed by atoms with E-state index in [0.717, 1.165) is 8.96 Å². The minimum atomic E-state index is -0.441. The third-order valence-electron chi connectivity index (χ3n) is 4.49. The fraction of sp³-hybridized carbons (Fsp3) is 0.0435. The smallest absolute Gasteiger partial charge is 0.344 e. The molecular formula is C23H16INO4. The third-order valence-corrected chi connectivity index (χ3v) is 5.16. The summed E-state index contributed by atoms with van der Waals surface area (Å²) < 4.78 is 11.8. The number of hydrogen-bond donors (Lipinski definition) is 1. The maximum absolute atomic E-state index is 12.7. The second kappa shape index (κ2) is 8.08. The molecule has 29 heavy (non-hydrogen) atoms. The van der Waals surface area contributed by atoms with E-state index < -0.39 is 5.63 Å². The van der Waals surface area contributed by atoms with Gasteiger partial charge in [0.1, 0.15) is 11.3 Å². The Kier molecular flexibility index (Phi) is 5.35. The highest BCUT2D eigenvalue weighted by atomic mass is 127. The van der Waals surface area contributed by atoms with Crippen LogP contribution in [-0.2, 0) is 0 Å². The molecule has 4 rings (SSSR count). The zero-order chi connectivity index (χ0) is 20.4. The molecule has 5 nitrogen and oxygen atoms in total. The maximum Gasteiger partial charge on any atom is 0.344 e. The van der Waals surface area contributed by atoms with Gasteiger partial charge in [-0.3, -0.25) is 4.79 Å². The number of nitrogens with one attached hydrogen (secondary N) is 1. The minimum Gasteiger partial charge on any atom is -0.495 e. The molecule has 0 atom stereocenters. The van der Waals surface area contributed by atoms with Gasteiger partial charge in [-0.2, -0.15) is 0 Å². The summed E-state index contributed by atoms with van der Waals surface area (Å²) in [7, 11) is 1.53. The molecule has 1 heterocycles. The lowest BCUT2D eigenvalue weighted by Crippen LogP contribution is -2.13. The number of benzene rings is 3. The van der Waals surface area contributed by atoms with E-state index in [9.17, 15) is 9.59 Å².